The third-order valence-corrected chi connectivity index (χ3v) is 15.6. The summed E-state index contributed by atoms with van der Waals surface area (Å²) in [5, 5.41) is 14.5. The van der Waals surface area contributed by atoms with Crippen LogP contribution in [0, 0.1) is 52.5 Å². The fourth-order valence-electron chi connectivity index (χ4n) is 11.4. The first-order chi connectivity index (χ1) is 37.6. The van der Waals surface area contributed by atoms with Gasteiger partial charge in [0.2, 0.25) is 0 Å². The van der Waals surface area contributed by atoms with Gasteiger partial charge in [-0.05, 0) is 180 Å². The van der Waals surface area contributed by atoms with Crippen molar-refractivity contribution in [2.24, 2.45) is 0 Å². The van der Waals surface area contributed by atoms with Crippen LogP contribution < -0.4 is 0 Å². The maximum Gasteiger partial charge on any atom is 0.188 e. The molecular formula is C73H52N4. The summed E-state index contributed by atoms with van der Waals surface area (Å²) in [4.78, 5) is 4.09. The maximum atomic E-state index is 9.92. The molecule has 0 N–H and O–H groups in total. The summed E-state index contributed by atoms with van der Waals surface area (Å²) in [6.07, 6.45) is 0. The van der Waals surface area contributed by atoms with Crippen LogP contribution in [0.2, 0.25) is 0 Å². The Bertz CT molecular complexity index is 4390. The van der Waals surface area contributed by atoms with E-state index in [1.54, 1.807) is 0 Å². The van der Waals surface area contributed by atoms with E-state index in [4.69, 9.17) is 6.57 Å². The SMILES string of the molecule is [C-]#[N+]c1ccc(-n2c3ccc(-c4ccc(C)cc4)cc3c3cc(-c4ccc(C)cc4)ccc32)c(-c2ccc(-c3ccc(C#N)cc3C)cc2-n2c3ccc(-c4ccc(C)cc4)cc3c3cc(-c4ccc(C)cc4)ccc32)c1. The summed E-state index contributed by atoms with van der Waals surface area (Å²) in [5.74, 6) is 0. The Morgan fingerprint density at radius 2 is 0.688 bits per heavy atom. The Labute approximate surface area is 449 Å². The van der Waals surface area contributed by atoms with Crippen molar-refractivity contribution < 1.29 is 0 Å². The fourth-order valence-corrected chi connectivity index (χ4v) is 11.4. The lowest BCUT2D eigenvalue weighted by Crippen LogP contribution is -2.02. The zero-order valence-corrected chi connectivity index (χ0v) is 43.7. The molecule has 0 atom stereocenters. The van der Waals surface area contributed by atoms with Crippen molar-refractivity contribution in [3.63, 3.8) is 0 Å². The van der Waals surface area contributed by atoms with Crippen molar-refractivity contribution in [2.75, 3.05) is 0 Å². The monoisotopic (exact) mass is 984 g/mol. The second-order valence-electron chi connectivity index (χ2n) is 20.7. The lowest BCUT2D eigenvalue weighted by atomic mass is 9.93. The Balaban J connectivity index is 1.11. The number of fused-ring (bicyclic) bond motifs is 6. The third-order valence-electron chi connectivity index (χ3n) is 15.6. The molecule has 13 rings (SSSR count). The number of aryl methyl sites for hydroxylation is 5. The molecule has 11 aromatic carbocycles. The molecule has 0 aliphatic heterocycles. The molecule has 4 nitrogen and oxygen atoms in total. The number of rotatable bonds is 8. The molecule has 0 saturated heterocycles. The molecule has 4 heteroatoms. The van der Waals surface area contributed by atoms with E-state index in [2.05, 4.69) is 261 Å². The van der Waals surface area contributed by atoms with Crippen LogP contribution in [0.1, 0.15) is 33.4 Å². The molecule has 77 heavy (non-hydrogen) atoms. The number of nitrogens with zero attached hydrogens (tertiary/aromatic N) is 4. The molecule has 0 fully saturated rings. The first-order valence-electron chi connectivity index (χ1n) is 26.2. The van der Waals surface area contributed by atoms with Crippen molar-refractivity contribution in [2.45, 2.75) is 34.6 Å². The van der Waals surface area contributed by atoms with Crippen LogP contribution in [-0.4, -0.2) is 9.13 Å². The number of hydrogen-bond acceptors (Lipinski definition) is 1. The Kier molecular flexibility index (Phi) is 11.4. The molecule has 0 aliphatic carbocycles. The average Bonchev–Trinajstić information content (AvgIpc) is 4.19. The summed E-state index contributed by atoms with van der Waals surface area (Å²) >= 11 is 0. The largest absolute Gasteiger partial charge is 0.309 e. The summed E-state index contributed by atoms with van der Waals surface area (Å²) in [7, 11) is 0. The van der Waals surface area contributed by atoms with Crippen LogP contribution in [0.4, 0.5) is 5.69 Å². The van der Waals surface area contributed by atoms with Crippen LogP contribution in [0.15, 0.2) is 224 Å². The van der Waals surface area contributed by atoms with Crippen molar-refractivity contribution in [3.8, 4) is 84.2 Å². The number of hydrogen-bond donors (Lipinski definition) is 0. The Hall–Kier alpha value is -10.0. The summed E-state index contributed by atoms with van der Waals surface area (Å²) in [6.45, 7) is 19.0. The zero-order valence-electron chi connectivity index (χ0n) is 43.7. The van der Waals surface area contributed by atoms with E-state index < -0.39 is 0 Å². The highest BCUT2D eigenvalue weighted by molar-refractivity contribution is 6.14. The first-order valence-corrected chi connectivity index (χ1v) is 26.2. The van der Waals surface area contributed by atoms with E-state index in [9.17, 15) is 5.26 Å². The second kappa shape index (κ2) is 18.7. The molecule has 2 heterocycles. The van der Waals surface area contributed by atoms with Gasteiger partial charge in [0, 0.05) is 27.1 Å². The fraction of sp³-hybridized carbons (Fsp3) is 0.0685. The molecule has 0 bridgehead atoms. The van der Waals surface area contributed by atoms with E-state index in [0.29, 0.717) is 11.3 Å². The molecule has 2 aromatic heterocycles. The van der Waals surface area contributed by atoms with Gasteiger partial charge in [-0.3, -0.25) is 0 Å². The molecule has 0 aliphatic rings. The van der Waals surface area contributed by atoms with Crippen LogP contribution in [0.25, 0.3) is 127 Å². The number of nitriles is 1. The number of benzene rings is 11. The maximum absolute atomic E-state index is 9.92. The minimum Gasteiger partial charge on any atom is -0.309 e. The van der Waals surface area contributed by atoms with Crippen LogP contribution in [0.5, 0.6) is 0 Å². The van der Waals surface area contributed by atoms with E-state index in [-0.39, 0.29) is 0 Å². The zero-order chi connectivity index (χ0) is 52.5. The van der Waals surface area contributed by atoms with Gasteiger partial charge in [0.1, 0.15) is 0 Å². The summed E-state index contributed by atoms with van der Waals surface area (Å²) in [5.41, 5.74) is 26.6. The van der Waals surface area contributed by atoms with Gasteiger partial charge in [-0.1, -0.05) is 168 Å². The third kappa shape index (κ3) is 8.25. The predicted octanol–water partition coefficient (Wildman–Crippen LogP) is 19.8. The summed E-state index contributed by atoms with van der Waals surface area (Å²) < 4.78 is 4.84. The smallest absolute Gasteiger partial charge is 0.188 e. The predicted molar refractivity (Wildman–Crippen MR) is 322 cm³/mol. The van der Waals surface area contributed by atoms with Crippen LogP contribution >= 0.6 is 0 Å². The van der Waals surface area contributed by atoms with E-state index >= 15 is 0 Å². The highest BCUT2D eigenvalue weighted by Gasteiger charge is 2.23. The van der Waals surface area contributed by atoms with E-state index in [0.717, 1.165) is 116 Å². The molecule has 364 valence electrons. The molecule has 0 spiro atoms. The lowest BCUT2D eigenvalue weighted by Gasteiger charge is -2.21. The van der Waals surface area contributed by atoms with Gasteiger partial charge >= 0.3 is 0 Å². The minimum absolute atomic E-state index is 0.554. The Morgan fingerprint density at radius 1 is 0.325 bits per heavy atom. The van der Waals surface area contributed by atoms with Crippen LogP contribution in [-0.2, 0) is 0 Å². The lowest BCUT2D eigenvalue weighted by molar-refractivity contribution is 1.16. The average molecular weight is 985 g/mol. The van der Waals surface area contributed by atoms with Gasteiger partial charge in [0.15, 0.2) is 5.69 Å². The van der Waals surface area contributed by atoms with Gasteiger partial charge in [-0.25, -0.2) is 4.85 Å². The standard InChI is InChI=1S/C73H52N4/c1-45-7-16-51(17-8-45)55-25-32-68-63(38-55)64-39-56(52-18-9-46(2)10-19-52)26-33-69(64)76(68)72-36-29-60(75-6)43-67(72)62-31-24-59(61-30-15-50(44-74)37-49(61)5)42-73(62)77-70-34-27-57(53-20-11-47(3)12-21-53)40-65(70)66-41-58(28-35-71(66)77)54-22-13-48(4)14-23-54/h7-43H,1-5H3. The van der Waals surface area contributed by atoms with Gasteiger partial charge in [0.25, 0.3) is 0 Å². The van der Waals surface area contributed by atoms with Crippen LogP contribution in [0.3, 0.4) is 0 Å². The van der Waals surface area contributed by atoms with Gasteiger partial charge in [-0.15, -0.1) is 0 Å². The minimum atomic E-state index is 0.554. The Morgan fingerprint density at radius 3 is 1.06 bits per heavy atom. The quantitative estimate of drug-likeness (QED) is 0.140. The van der Waals surface area contributed by atoms with Crippen molar-refractivity contribution in [1.29, 1.82) is 5.26 Å². The highest BCUT2D eigenvalue weighted by atomic mass is 15.0. The topological polar surface area (TPSA) is 38.0 Å². The van der Waals surface area contributed by atoms with Gasteiger partial charge < -0.3 is 9.13 Å². The highest BCUT2D eigenvalue weighted by Crippen LogP contribution is 2.46. The van der Waals surface area contributed by atoms with Crippen molar-refractivity contribution in [3.05, 3.63) is 269 Å². The van der Waals surface area contributed by atoms with Crippen molar-refractivity contribution in [1.82, 2.24) is 9.13 Å². The molecule has 0 radical (unpaired) electrons. The summed E-state index contributed by atoms with van der Waals surface area (Å²) in [6, 6.07) is 83.8. The van der Waals surface area contributed by atoms with E-state index in [1.807, 2.05) is 18.2 Å². The molecule has 13 aromatic rings. The van der Waals surface area contributed by atoms with E-state index in [1.165, 1.54) is 33.4 Å². The first kappa shape index (κ1) is 46.8. The molecule has 0 saturated carbocycles. The number of aromatic nitrogens is 2. The van der Waals surface area contributed by atoms with Crippen molar-refractivity contribution >= 4 is 49.3 Å². The molecule has 0 amide bonds. The normalized spacial score (nSPS) is 11.4. The van der Waals surface area contributed by atoms with Gasteiger partial charge in [-0.2, -0.15) is 5.26 Å². The second-order valence-corrected chi connectivity index (χ2v) is 20.7. The van der Waals surface area contributed by atoms with Gasteiger partial charge in [0.05, 0.1) is 51.6 Å². The molecular weight excluding hydrogens is 933 g/mol. The molecule has 0 unspecified atom stereocenters.